The molecule has 120 valence electrons. The van der Waals surface area contributed by atoms with Crippen molar-refractivity contribution >= 4 is 23.5 Å². The fraction of sp³-hybridized carbons (Fsp3) is 0.500. The van der Waals surface area contributed by atoms with E-state index in [-0.39, 0.29) is 11.9 Å². The van der Waals surface area contributed by atoms with Crippen molar-refractivity contribution in [3.05, 3.63) is 34.9 Å². The monoisotopic (exact) mass is 323 g/mol. The molecular formula is C16H22ClN3O2. The molecule has 1 saturated heterocycles. The van der Waals surface area contributed by atoms with Crippen molar-refractivity contribution < 1.29 is 9.59 Å². The number of likely N-dealkylation sites (tertiary alicyclic amines) is 1. The summed E-state index contributed by atoms with van der Waals surface area (Å²) in [5.74, 6) is 0.122. The number of nitrogens with one attached hydrogen (secondary N) is 2. The first-order valence-corrected chi connectivity index (χ1v) is 8.07. The average molecular weight is 324 g/mol. The summed E-state index contributed by atoms with van der Waals surface area (Å²) in [7, 11) is 0. The molecule has 0 aromatic heterocycles. The van der Waals surface area contributed by atoms with Crippen LogP contribution >= 0.6 is 11.6 Å². The van der Waals surface area contributed by atoms with Gasteiger partial charge in [0.15, 0.2) is 0 Å². The molecule has 1 fully saturated rings. The fourth-order valence-electron chi connectivity index (χ4n) is 2.48. The molecule has 1 heterocycles. The molecule has 0 saturated carbocycles. The van der Waals surface area contributed by atoms with E-state index in [1.807, 2.05) is 29.2 Å². The van der Waals surface area contributed by atoms with E-state index in [4.69, 9.17) is 11.6 Å². The predicted molar refractivity (Wildman–Crippen MR) is 87.0 cm³/mol. The number of amides is 3. The molecule has 1 aromatic carbocycles. The normalized spacial score (nSPS) is 14.0. The minimum atomic E-state index is -0.240. The standard InChI is InChI=1S/C16H22ClN3O2/c17-14-5-3-4-13(12-14)6-8-18-16(22)19-9-7-15(21)20-10-1-2-11-20/h3-5,12H,1-2,6-11H2,(H2,18,19,22). The summed E-state index contributed by atoms with van der Waals surface area (Å²) in [5.41, 5.74) is 1.08. The maximum absolute atomic E-state index is 11.8. The number of carbonyl (C=O) groups is 2. The van der Waals surface area contributed by atoms with Crippen molar-refractivity contribution in [2.45, 2.75) is 25.7 Å². The fourth-order valence-corrected chi connectivity index (χ4v) is 2.70. The molecule has 0 spiro atoms. The first kappa shape index (κ1) is 16.6. The Morgan fingerprint density at radius 3 is 2.59 bits per heavy atom. The zero-order chi connectivity index (χ0) is 15.8. The predicted octanol–water partition coefficient (Wildman–Crippen LogP) is 2.19. The van der Waals surface area contributed by atoms with Crippen LogP contribution < -0.4 is 10.6 Å². The molecule has 5 nitrogen and oxygen atoms in total. The van der Waals surface area contributed by atoms with Crippen LogP contribution in [0.5, 0.6) is 0 Å². The van der Waals surface area contributed by atoms with Crippen molar-refractivity contribution in [2.24, 2.45) is 0 Å². The SMILES string of the molecule is O=C(NCCC(=O)N1CCCC1)NCCc1cccc(Cl)c1. The van der Waals surface area contributed by atoms with Gasteiger partial charge in [-0.05, 0) is 37.0 Å². The Hall–Kier alpha value is -1.75. The van der Waals surface area contributed by atoms with Gasteiger partial charge in [-0.15, -0.1) is 0 Å². The Labute approximate surface area is 136 Å². The van der Waals surface area contributed by atoms with E-state index in [2.05, 4.69) is 10.6 Å². The third-order valence-electron chi connectivity index (χ3n) is 3.67. The Kier molecular flexibility index (Phi) is 6.52. The van der Waals surface area contributed by atoms with Crippen molar-refractivity contribution in [3.63, 3.8) is 0 Å². The highest BCUT2D eigenvalue weighted by Gasteiger charge is 2.17. The highest BCUT2D eigenvalue weighted by molar-refractivity contribution is 6.30. The zero-order valence-electron chi connectivity index (χ0n) is 12.6. The van der Waals surface area contributed by atoms with Gasteiger partial charge in [0.2, 0.25) is 5.91 Å². The first-order valence-electron chi connectivity index (χ1n) is 7.69. The smallest absolute Gasteiger partial charge is 0.314 e. The van der Waals surface area contributed by atoms with Crippen LogP contribution in [0.1, 0.15) is 24.8 Å². The minimum Gasteiger partial charge on any atom is -0.343 e. The summed E-state index contributed by atoms with van der Waals surface area (Å²) in [6, 6.07) is 7.33. The van der Waals surface area contributed by atoms with E-state index in [0.717, 1.165) is 37.9 Å². The van der Waals surface area contributed by atoms with Crippen molar-refractivity contribution in [1.82, 2.24) is 15.5 Å². The molecule has 1 aliphatic heterocycles. The molecular weight excluding hydrogens is 302 g/mol. The van der Waals surface area contributed by atoms with Crippen LogP contribution in [-0.4, -0.2) is 43.0 Å². The van der Waals surface area contributed by atoms with E-state index in [1.165, 1.54) is 0 Å². The highest BCUT2D eigenvalue weighted by Crippen LogP contribution is 2.10. The quantitative estimate of drug-likeness (QED) is 0.843. The Bertz CT molecular complexity index is 516. The summed E-state index contributed by atoms with van der Waals surface area (Å²) >= 11 is 5.90. The van der Waals surface area contributed by atoms with Gasteiger partial charge in [0, 0.05) is 37.6 Å². The van der Waals surface area contributed by atoms with Crippen LogP contribution in [0.2, 0.25) is 5.02 Å². The summed E-state index contributed by atoms with van der Waals surface area (Å²) in [6.07, 6.45) is 3.26. The maximum Gasteiger partial charge on any atom is 0.314 e. The van der Waals surface area contributed by atoms with Gasteiger partial charge in [0.05, 0.1) is 0 Å². The lowest BCUT2D eigenvalue weighted by Crippen LogP contribution is -2.39. The Morgan fingerprint density at radius 1 is 1.14 bits per heavy atom. The van der Waals surface area contributed by atoms with Gasteiger partial charge in [0.25, 0.3) is 0 Å². The number of hydrogen-bond acceptors (Lipinski definition) is 2. The summed E-state index contributed by atoms with van der Waals surface area (Å²) < 4.78 is 0. The molecule has 0 unspecified atom stereocenters. The third kappa shape index (κ3) is 5.56. The van der Waals surface area contributed by atoms with Gasteiger partial charge in [-0.25, -0.2) is 4.79 Å². The van der Waals surface area contributed by atoms with Crippen LogP contribution in [0.4, 0.5) is 4.79 Å². The largest absolute Gasteiger partial charge is 0.343 e. The van der Waals surface area contributed by atoms with E-state index < -0.39 is 0 Å². The van der Waals surface area contributed by atoms with E-state index in [9.17, 15) is 9.59 Å². The van der Waals surface area contributed by atoms with Crippen LogP contribution in [0.15, 0.2) is 24.3 Å². The minimum absolute atomic E-state index is 0.122. The summed E-state index contributed by atoms with van der Waals surface area (Å²) in [5, 5.41) is 6.18. The lowest BCUT2D eigenvalue weighted by Gasteiger charge is -2.15. The van der Waals surface area contributed by atoms with Crippen LogP contribution in [-0.2, 0) is 11.2 Å². The number of urea groups is 1. The van der Waals surface area contributed by atoms with Gasteiger partial charge in [-0.2, -0.15) is 0 Å². The van der Waals surface area contributed by atoms with Crippen molar-refractivity contribution in [2.75, 3.05) is 26.2 Å². The van der Waals surface area contributed by atoms with Crippen molar-refractivity contribution in [3.8, 4) is 0 Å². The summed E-state index contributed by atoms with van der Waals surface area (Å²) in [6.45, 7) is 2.61. The van der Waals surface area contributed by atoms with E-state index in [0.29, 0.717) is 24.5 Å². The van der Waals surface area contributed by atoms with Gasteiger partial charge in [0.1, 0.15) is 0 Å². The van der Waals surface area contributed by atoms with Gasteiger partial charge in [-0.1, -0.05) is 23.7 Å². The molecule has 3 amide bonds. The lowest BCUT2D eigenvalue weighted by molar-refractivity contribution is -0.129. The zero-order valence-corrected chi connectivity index (χ0v) is 13.4. The highest BCUT2D eigenvalue weighted by atomic mass is 35.5. The summed E-state index contributed by atoms with van der Waals surface area (Å²) in [4.78, 5) is 25.3. The molecule has 0 radical (unpaired) electrons. The van der Waals surface area contributed by atoms with E-state index >= 15 is 0 Å². The molecule has 1 aromatic rings. The maximum atomic E-state index is 11.8. The van der Waals surface area contributed by atoms with Crippen molar-refractivity contribution in [1.29, 1.82) is 0 Å². The Morgan fingerprint density at radius 2 is 1.86 bits per heavy atom. The Balaban J connectivity index is 1.57. The topological polar surface area (TPSA) is 61.4 Å². The van der Waals surface area contributed by atoms with Gasteiger partial charge in [-0.3, -0.25) is 4.79 Å². The number of benzene rings is 1. The van der Waals surface area contributed by atoms with E-state index in [1.54, 1.807) is 0 Å². The molecule has 2 N–H and O–H groups in total. The molecule has 0 atom stereocenters. The molecule has 2 rings (SSSR count). The number of carbonyl (C=O) groups excluding carboxylic acids is 2. The third-order valence-corrected chi connectivity index (χ3v) is 3.91. The van der Waals surface area contributed by atoms with Gasteiger partial charge < -0.3 is 15.5 Å². The number of hydrogen-bond donors (Lipinski definition) is 2. The molecule has 0 bridgehead atoms. The van der Waals surface area contributed by atoms with Gasteiger partial charge >= 0.3 is 6.03 Å². The van der Waals surface area contributed by atoms with Crippen LogP contribution in [0.3, 0.4) is 0 Å². The second-order valence-electron chi connectivity index (χ2n) is 5.40. The number of nitrogens with zero attached hydrogens (tertiary/aromatic N) is 1. The average Bonchev–Trinajstić information content (AvgIpc) is 3.01. The van der Waals surface area contributed by atoms with Crippen LogP contribution in [0, 0.1) is 0 Å². The molecule has 22 heavy (non-hydrogen) atoms. The molecule has 0 aliphatic carbocycles. The number of rotatable bonds is 6. The van der Waals surface area contributed by atoms with Crippen LogP contribution in [0.25, 0.3) is 0 Å². The molecule has 1 aliphatic rings. The second kappa shape index (κ2) is 8.63. The second-order valence-corrected chi connectivity index (χ2v) is 5.84. The molecule has 6 heteroatoms. The number of halogens is 1. The first-order chi connectivity index (χ1) is 10.6. The lowest BCUT2D eigenvalue weighted by atomic mass is 10.1.